The third-order valence-electron chi connectivity index (χ3n) is 4.23. The quantitative estimate of drug-likeness (QED) is 0.822. The number of amides is 1. The van der Waals surface area contributed by atoms with E-state index in [4.69, 9.17) is 4.74 Å². The molecule has 0 radical (unpaired) electrons. The molecule has 0 saturated carbocycles. The van der Waals surface area contributed by atoms with E-state index in [2.05, 4.69) is 34.5 Å². The topological polar surface area (TPSA) is 41.6 Å². The molecule has 2 rings (SSSR count). The Bertz CT molecular complexity index is 508. The van der Waals surface area contributed by atoms with Crippen LogP contribution in [0.25, 0.3) is 0 Å². The summed E-state index contributed by atoms with van der Waals surface area (Å²) < 4.78 is 5.20. The summed E-state index contributed by atoms with van der Waals surface area (Å²) in [4.78, 5) is 14.4. The zero-order valence-corrected chi connectivity index (χ0v) is 13.7. The molecule has 1 aromatic carbocycles. The maximum Gasteiger partial charge on any atom is 0.223 e. The Balaban J connectivity index is 1.96. The second-order valence-electron chi connectivity index (χ2n) is 5.98. The van der Waals surface area contributed by atoms with E-state index >= 15 is 0 Å². The van der Waals surface area contributed by atoms with Gasteiger partial charge in [-0.3, -0.25) is 4.79 Å². The second kappa shape index (κ2) is 7.99. The largest absolute Gasteiger partial charge is 0.497 e. The Morgan fingerprint density at radius 3 is 2.59 bits per heavy atom. The third-order valence-corrected chi connectivity index (χ3v) is 4.23. The summed E-state index contributed by atoms with van der Waals surface area (Å²) in [5.74, 6) is 1.15. The first kappa shape index (κ1) is 16.6. The van der Waals surface area contributed by atoms with Crippen LogP contribution in [0, 0.1) is 5.92 Å². The summed E-state index contributed by atoms with van der Waals surface area (Å²) in [5, 5.41) is 3.12. The van der Waals surface area contributed by atoms with Gasteiger partial charge >= 0.3 is 0 Å². The molecule has 0 unspecified atom stereocenters. The van der Waals surface area contributed by atoms with E-state index in [0.717, 1.165) is 25.0 Å². The van der Waals surface area contributed by atoms with E-state index in [9.17, 15) is 4.79 Å². The molecular formula is C18H26N2O2. The zero-order chi connectivity index (χ0) is 15.9. The number of nitrogens with zero attached hydrogens (tertiary/aromatic N) is 1. The molecule has 0 aromatic heterocycles. The standard InChI is InChI=1S/C18H26N2O2/c1-20(2)17(14-9-11-16(22-3)12-10-14)13-19-18(21)15-7-5-4-6-8-15/h4-5,9-12,15,17H,6-8,13H2,1-3H3,(H,19,21)/t15-,17+/m1/s1. The Kier molecular flexibility index (Phi) is 6.01. The van der Waals surface area contributed by atoms with Crippen molar-refractivity contribution >= 4 is 5.91 Å². The van der Waals surface area contributed by atoms with Gasteiger partial charge in [0.15, 0.2) is 0 Å². The van der Waals surface area contributed by atoms with Gasteiger partial charge in [-0.1, -0.05) is 24.3 Å². The van der Waals surface area contributed by atoms with Crippen LogP contribution in [0.4, 0.5) is 0 Å². The van der Waals surface area contributed by atoms with Crippen molar-refractivity contribution in [1.82, 2.24) is 10.2 Å². The average Bonchev–Trinajstić information content (AvgIpc) is 2.56. The van der Waals surface area contributed by atoms with Crippen molar-refractivity contribution in [2.24, 2.45) is 5.92 Å². The third kappa shape index (κ3) is 4.34. The van der Waals surface area contributed by atoms with Crippen molar-refractivity contribution in [2.75, 3.05) is 27.7 Å². The summed E-state index contributed by atoms with van der Waals surface area (Å²) in [6.07, 6.45) is 7.09. The smallest absolute Gasteiger partial charge is 0.223 e. The van der Waals surface area contributed by atoms with Crippen LogP contribution in [0.3, 0.4) is 0 Å². The highest BCUT2D eigenvalue weighted by Gasteiger charge is 2.21. The molecule has 4 nitrogen and oxygen atoms in total. The molecule has 0 fully saturated rings. The summed E-state index contributed by atoms with van der Waals surface area (Å²) in [7, 11) is 5.73. The molecule has 1 aliphatic rings. The van der Waals surface area contributed by atoms with Crippen LogP contribution in [0.5, 0.6) is 5.75 Å². The van der Waals surface area contributed by atoms with Gasteiger partial charge in [-0.25, -0.2) is 0 Å². The Morgan fingerprint density at radius 1 is 1.32 bits per heavy atom. The van der Waals surface area contributed by atoms with E-state index in [1.54, 1.807) is 7.11 Å². The van der Waals surface area contributed by atoms with Gasteiger partial charge in [0.05, 0.1) is 13.2 Å². The maximum atomic E-state index is 12.3. The summed E-state index contributed by atoms with van der Waals surface area (Å²) >= 11 is 0. The first-order chi connectivity index (χ1) is 10.6. The molecule has 1 N–H and O–H groups in total. The van der Waals surface area contributed by atoms with Gasteiger partial charge in [0.2, 0.25) is 5.91 Å². The highest BCUT2D eigenvalue weighted by molar-refractivity contribution is 5.79. The fourth-order valence-corrected chi connectivity index (χ4v) is 2.80. The van der Waals surface area contributed by atoms with Crippen LogP contribution < -0.4 is 10.1 Å². The molecule has 1 aromatic rings. The molecule has 0 heterocycles. The summed E-state index contributed by atoms with van der Waals surface area (Å²) in [5.41, 5.74) is 1.18. The number of hydrogen-bond donors (Lipinski definition) is 1. The molecule has 1 aliphatic carbocycles. The number of carbonyl (C=O) groups excluding carboxylic acids is 1. The molecule has 120 valence electrons. The highest BCUT2D eigenvalue weighted by atomic mass is 16.5. The maximum absolute atomic E-state index is 12.3. The van der Waals surface area contributed by atoms with E-state index in [-0.39, 0.29) is 17.9 Å². The van der Waals surface area contributed by atoms with Crippen LogP contribution in [0.15, 0.2) is 36.4 Å². The molecule has 0 spiro atoms. The minimum absolute atomic E-state index is 0.128. The normalized spacial score (nSPS) is 19.0. The average molecular weight is 302 g/mol. The number of hydrogen-bond acceptors (Lipinski definition) is 3. The number of rotatable bonds is 6. The van der Waals surface area contributed by atoms with E-state index in [1.807, 2.05) is 26.2 Å². The van der Waals surface area contributed by atoms with Crippen molar-refractivity contribution in [2.45, 2.75) is 25.3 Å². The Morgan fingerprint density at radius 2 is 2.05 bits per heavy atom. The minimum Gasteiger partial charge on any atom is -0.497 e. The van der Waals surface area contributed by atoms with E-state index < -0.39 is 0 Å². The van der Waals surface area contributed by atoms with Crippen LogP contribution in [0.2, 0.25) is 0 Å². The number of likely N-dealkylation sites (N-methyl/N-ethyl adjacent to an activating group) is 1. The first-order valence-corrected chi connectivity index (χ1v) is 7.85. The van der Waals surface area contributed by atoms with Gasteiger partial charge in [0.1, 0.15) is 5.75 Å². The van der Waals surface area contributed by atoms with E-state index in [0.29, 0.717) is 6.54 Å². The molecule has 4 heteroatoms. The lowest BCUT2D eigenvalue weighted by atomic mass is 9.93. The van der Waals surface area contributed by atoms with Gasteiger partial charge in [0.25, 0.3) is 0 Å². The van der Waals surface area contributed by atoms with Crippen molar-refractivity contribution < 1.29 is 9.53 Å². The SMILES string of the molecule is COc1ccc([C@H](CNC(=O)[C@@H]2CC=CCC2)N(C)C)cc1. The summed E-state index contributed by atoms with van der Waals surface area (Å²) in [6.45, 7) is 0.623. The van der Waals surface area contributed by atoms with Gasteiger partial charge < -0.3 is 15.0 Å². The van der Waals surface area contributed by atoms with Crippen LogP contribution in [0.1, 0.15) is 30.9 Å². The second-order valence-corrected chi connectivity index (χ2v) is 5.98. The van der Waals surface area contributed by atoms with Gasteiger partial charge in [-0.15, -0.1) is 0 Å². The lowest BCUT2D eigenvalue weighted by Crippen LogP contribution is -2.38. The fraction of sp³-hybridized carbons (Fsp3) is 0.500. The number of nitrogens with one attached hydrogen (secondary N) is 1. The monoisotopic (exact) mass is 302 g/mol. The predicted molar refractivity (Wildman–Crippen MR) is 88.9 cm³/mol. The number of ether oxygens (including phenoxy) is 1. The van der Waals surface area contributed by atoms with Crippen LogP contribution >= 0.6 is 0 Å². The van der Waals surface area contributed by atoms with Gasteiger partial charge in [0, 0.05) is 12.5 Å². The van der Waals surface area contributed by atoms with Crippen molar-refractivity contribution in [1.29, 1.82) is 0 Å². The zero-order valence-electron chi connectivity index (χ0n) is 13.7. The number of allylic oxidation sites excluding steroid dienone is 2. The van der Waals surface area contributed by atoms with Crippen LogP contribution in [-0.2, 0) is 4.79 Å². The number of benzene rings is 1. The number of carbonyl (C=O) groups is 1. The lowest BCUT2D eigenvalue weighted by molar-refractivity contribution is -0.125. The molecule has 0 aliphatic heterocycles. The number of methoxy groups -OCH3 is 1. The van der Waals surface area contributed by atoms with Gasteiger partial charge in [-0.05, 0) is 51.1 Å². The minimum atomic E-state index is 0.128. The molecule has 0 bridgehead atoms. The molecular weight excluding hydrogens is 276 g/mol. The first-order valence-electron chi connectivity index (χ1n) is 7.85. The molecule has 22 heavy (non-hydrogen) atoms. The van der Waals surface area contributed by atoms with Crippen molar-refractivity contribution in [3.05, 3.63) is 42.0 Å². The Hall–Kier alpha value is -1.81. The lowest BCUT2D eigenvalue weighted by Gasteiger charge is -2.26. The van der Waals surface area contributed by atoms with Gasteiger partial charge in [-0.2, -0.15) is 0 Å². The summed E-state index contributed by atoms with van der Waals surface area (Å²) in [6, 6.07) is 8.19. The van der Waals surface area contributed by atoms with Crippen molar-refractivity contribution in [3.8, 4) is 5.75 Å². The van der Waals surface area contributed by atoms with Crippen molar-refractivity contribution in [3.63, 3.8) is 0 Å². The molecule has 0 saturated heterocycles. The fourth-order valence-electron chi connectivity index (χ4n) is 2.80. The molecule has 1 amide bonds. The van der Waals surface area contributed by atoms with E-state index in [1.165, 1.54) is 5.56 Å². The highest BCUT2D eigenvalue weighted by Crippen LogP contribution is 2.22. The van der Waals surface area contributed by atoms with Crippen LogP contribution in [-0.4, -0.2) is 38.6 Å². The molecule has 2 atom stereocenters. The predicted octanol–water partition coefficient (Wildman–Crippen LogP) is 2.77. The Labute approximate surface area is 133 Å².